The molecule has 0 bridgehead atoms. The van der Waals surface area contributed by atoms with Crippen LogP contribution in [0, 0.1) is 0 Å². The normalized spacial score (nSPS) is 11.7. The molecule has 0 radical (unpaired) electrons. The van der Waals surface area contributed by atoms with Crippen molar-refractivity contribution in [3.8, 4) is 0 Å². The summed E-state index contributed by atoms with van der Waals surface area (Å²) in [5, 5.41) is 0. The van der Waals surface area contributed by atoms with Crippen molar-refractivity contribution < 1.29 is 4.79 Å². The van der Waals surface area contributed by atoms with Crippen molar-refractivity contribution in [2.45, 2.75) is 45.8 Å². The highest BCUT2D eigenvalue weighted by molar-refractivity contribution is 5.82. The van der Waals surface area contributed by atoms with Crippen molar-refractivity contribution in [2.24, 2.45) is 0 Å². The van der Waals surface area contributed by atoms with Crippen LogP contribution in [0.3, 0.4) is 0 Å². The molecule has 0 aliphatic carbocycles. The third-order valence-electron chi connectivity index (χ3n) is 6.06. The van der Waals surface area contributed by atoms with Gasteiger partial charge in [0.05, 0.1) is 12.6 Å². The third kappa shape index (κ3) is 5.75. The highest BCUT2D eigenvalue weighted by Gasteiger charge is 2.25. The zero-order valence-electron chi connectivity index (χ0n) is 20.0. The van der Waals surface area contributed by atoms with Crippen molar-refractivity contribution in [2.75, 3.05) is 24.2 Å². The summed E-state index contributed by atoms with van der Waals surface area (Å²) in [5.74, 6) is -0.0953. The van der Waals surface area contributed by atoms with Crippen molar-refractivity contribution in [1.82, 2.24) is 14.5 Å². The number of anilines is 2. The Morgan fingerprint density at radius 3 is 2.29 bits per heavy atom. The second-order valence-electron chi connectivity index (χ2n) is 8.43. The number of hydrogen-bond acceptors (Lipinski definition) is 5. The molecule has 180 valence electrons. The first-order valence-electron chi connectivity index (χ1n) is 11.6. The molecule has 8 heteroatoms. The molecule has 3 rings (SSSR count). The van der Waals surface area contributed by atoms with E-state index in [1.165, 1.54) is 4.57 Å². The molecule has 0 saturated heterocycles. The maximum absolute atomic E-state index is 13.3. The SMILES string of the molecule is CCCCn1c(N)c(N(CC(=O)N(C)C(C)c2ccccc2)Cc2ccccc2)c(=O)[nH]c1=O. The average Bonchev–Trinajstić information content (AvgIpc) is 2.84. The summed E-state index contributed by atoms with van der Waals surface area (Å²) in [5.41, 5.74) is 7.28. The van der Waals surface area contributed by atoms with Crippen LogP contribution >= 0.6 is 0 Å². The quantitative estimate of drug-likeness (QED) is 0.481. The highest BCUT2D eigenvalue weighted by atomic mass is 16.2. The van der Waals surface area contributed by atoms with Gasteiger partial charge in [-0.25, -0.2) is 4.79 Å². The number of nitrogen functional groups attached to an aromatic ring is 1. The van der Waals surface area contributed by atoms with Gasteiger partial charge in [0.2, 0.25) is 5.91 Å². The van der Waals surface area contributed by atoms with Crippen LogP contribution in [0.15, 0.2) is 70.3 Å². The molecule has 0 fully saturated rings. The van der Waals surface area contributed by atoms with Gasteiger partial charge in [-0.1, -0.05) is 74.0 Å². The Morgan fingerprint density at radius 1 is 1.06 bits per heavy atom. The van der Waals surface area contributed by atoms with E-state index in [4.69, 9.17) is 5.73 Å². The smallest absolute Gasteiger partial charge is 0.330 e. The van der Waals surface area contributed by atoms with Gasteiger partial charge in [-0.05, 0) is 24.5 Å². The molecule has 1 unspecified atom stereocenters. The molecular weight excluding hydrogens is 430 g/mol. The van der Waals surface area contributed by atoms with Crippen LogP contribution in [0.1, 0.15) is 43.9 Å². The molecule has 1 atom stereocenters. The van der Waals surface area contributed by atoms with Crippen LogP contribution in [0.4, 0.5) is 11.5 Å². The summed E-state index contributed by atoms with van der Waals surface area (Å²) in [6.07, 6.45) is 1.61. The summed E-state index contributed by atoms with van der Waals surface area (Å²) in [6, 6.07) is 19.1. The van der Waals surface area contributed by atoms with Crippen LogP contribution in [0.5, 0.6) is 0 Å². The molecule has 0 aliphatic rings. The Morgan fingerprint density at radius 2 is 1.68 bits per heavy atom. The van der Waals surface area contributed by atoms with E-state index in [2.05, 4.69) is 4.98 Å². The largest absolute Gasteiger partial charge is 0.383 e. The number of carbonyl (C=O) groups excluding carboxylic acids is 1. The van der Waals surface area contributed by atoms with Gasteiger partial charge in [-0.15, -0.1) is 0 Å². The van der Waals surface area contributed by atoms with Gasteiger partial charge in [0, 0.05) is 20.1 Å². The number of aromatic amines is 1. The number of likely N-dealkylation sites (N-methyl/N-ethyl adjacent to an activating group) is 1. The maximum Gasteiger partial charge on any atom is 0.330 e. The molecule has 3 N–H and O–H groups in total. The van der Waals surface area contributed by atoms with Crippen molar-refractivity contribution in [3.05, 3.63) is 92.6 Å². The topological polar surface area (TPSA) is 104 Å². The van der Waals surface area contributed by atoms with E-state index in [-0.39, 0.29) is 30.0 Å². The lowest BCUT2D eigenvalue weighted by atomic mass is 10.1. The lowest BCUT2D eigenvalue weighted by Crippen LogP contribution is -2.43. The van der Waals surface area contributed by atoms with Crippen molar-refractivity contribution in [1.29, 1.82) is 0 Å². The van der Waals surface area contributed by atoms with E-state index < -0.39 is 11.2 Å². The fraction of sp³-hybridized carbons (Fsp3) is 0.346. The van der Waals surface area contributed by atoms with Gasteiger partial charge in [0.15, 0.2) is 0 Å². The molecule has 0 saturated carbocycles. The summed E-state index contributed by atoms with van der Waals surface area (Å²) in [6.45, 7) is 4.59. The van der Waals surface area contributed by atoms with Crippen LogP contribution in [0.25, 0.3) is 0 Å². The number of unbranched alkanes of at least 4 members (excludes halogenated alkanes) is 1. The number of nitrogens with one attached hydrogen (secondary N) is 1. The van der Waals surface area contributed by atoms with Crippen LogP contribution in [0.2, 0.25) is 0 Å². The predicted molar refractivity (Wildman–Crippen MR) is 136 cm³/mol. The molecule has 1 amide bonds. The van der Waals surface area contributed by atoms with Gasteiger partial charge in [-0.3, -0.25) is 19.1 Å². The summed E-state index contributed by atoms with van der Waals surface area (Å²) < 4.78 is 1.37. The number of amides is 1. The van der Waals surface area contributed by atoms with Crippen LogP contribution in [-0.2, 0) is 17.9 Å². The number of H-pyrrole nitrogens is 1. The highest BCUT2D eigenvalue weighted by Crippen LogP contribution is 2.22. The molecule has 2 aromatic carbocycles. The van der Waals surface area contributed by atoms with E-state index in [1.807, 2.05) is 74.5 Å². The summed E-state index contributed by atoms with van der Waals surface area (Å²) in [4.78, 5) is 44.4. The fourth-order valence-corrected chi connectivity index (χ4v) is 3.88. The van der Waals surface area contributed by atoms with E-state index in [0.717, 1.165) is 24.0 Å². The van der Waals surface area contributed by atoms with Gasteiger partial charge in [-0.2, -0.15) is 0 Å². The monoisotopic (exact) mass is 463 g/mol. The molecular formula is C26H33N5O3. The van der Waals surface area contributed by atoms with Gasteiger partial charge in [0.1, 0.15) is 11.5 Å². The number of rotatable bonds is 10. The molecule has 34 heavy (non-hydrogen) atoms. The first-order chi connectivity index (χ1) is 16.3. The Hall–Kier alpha value is -3.81. The Balaban J connectivity index is 1.97. The van der Waals surface area contributed by atoms with Crippen LogP contribution < -0.4 is 21.9 Å². The Labute approximate surface area is 199 Å². The van der Waals surface area contributed by atoms with Crippen LogP contribution in [-0.4, -0.2) is 34.0 Å². The fourth-order valence-electron chi connectivity index (χ4n) is 3.88. The van der Waals surface area contributed by atoms with Gasteiger partial charge >= 0.3 is 5.69 Å². The van der Waals surface area contributed by atoms with Crippen molar-refractivity contribution >= 4 is 17.4 Å². The first-order valence-corrected chi connectivity index (χ1v) is 11.6. The molecule has 0 aliphatic heterocycles. The Bertz CT molecular complexity index is 1200. The minimum Gasteiger partial charge on any atom is -0.383 e. The molecule has 8 nitrogen and oxygen atoms in total. The van der Waals surface area contributed by atoms with E-state index in [9.17, 15) is 14.4 Å². The second kappa shape index (κ2) is 11.4. The van der Waals surface area contributed by atoms with E-state index in [1.54, 1.807) is 16.8 Å². The van der Waals surface area contributed by atoms with Crippen molar-refractivity contribution in [3.63, 3.8) is 0 Å². The Kier molecular flexibility index (Phi) is 8.29. The third-order valence-corrected chi connectivity index (χ3v) is 6.06. The minimum absolute atomic E-state index is 0.0676. The lowest BCUT2D eigenvalue weighted by Gasteiger charge is -2.30. The number of carbonyl (C=O) groups is 1. The number of hydrogen-bond donors (Lipinski definition) is 2. The molecule has 1 heterocycles. The second-order valence-corrected chi connectivity index (χ2v) is 8.43. The standard InChI is InChI=1S/C26H33N5O3/c1-4-5-16-31-24(27)23(25(33)28-26(31)34)30(17-20-12-8-6-9-13-20)18-22(32)29(3)19(2)21-14-10-7-11-15-21/h6-15,19H,4-5,16-18,27H2,1-3H3,(H,28,33,34). The van der Waals surface area contributed by atoms with Gasteiger partial charge in [0.25, 0.3) is 5.56 Å². The lowest BCUT2D eigenvalue weighted by molar-refractivity contribution is -0.130. The zero-order chi connectivity index (χ0) is 24.7. The summed E-state index contributed by atoms with van der Waals surface area (Å²) >= 11 is 0. The number of aromatic nitrogens is 2. The molecule has 0 spiro atoms. The average molecular weight is 464 g/mol. The summed E-state index contributed by atoms with van der Waals surface area (Å²) in [7, 11) is 1.75. The van der Waals surface area contributed by atoms with Gasteiger partial charge < -0.3 is 15.5 Å². The maximum atomic E-state index is 13.3. The molecule has 1 aromatic heterocycles. The predicted octanol–water partition coefficient (Wildman–Crippen LogP) is 3.15. The van der Waals surface area contributed by atoms with E-state index >= 15 is 0 Å². The minimum atomic E-state index is -0.599. The number of nitrogens with zero attached hydrogens (tertiary/aromatic N) is 3. The molecule has 3 aromatic rings. The number of benzene rings is 2. The van der Waals surface area contributed by atoms with E-state index in [0.29, 0.717) is 13.1 Å². The first kappa shape index (κ1) is 24.8. The zero-order valence-corrected chi connectivity index (χ0v) is 20.0. The number of nitrogens with two attached hydrogens (primary N) is 1.